The molecule has 2 aromatic carbocycles. The molecule has 3 N–H and O–H groups in total. The number of carbonyl (C=O) groups is 1. The lowest BCUT2D eigenvalue weighted by molar-refractivity contribution is 0.0926. The van der Waals surface area contributed by atoms with Gasteiger partial charge in [-0.25, -0.2) is 0 Å². The zero-order valence-electron chi connectivity index (χ0n) is 15.0. The molecule has 0 radical (unpaired) electrons. The molecule has 3 rings (SSSR count). The highest BCUT2D eigenvalue weighted by atomic mass is 35.5. The fraction of sp³-hybridized carbons (Fsp3) is 0.350. The quantitative estimate of drug-likeness (QED) is 0.752. The van der Waals surface area contributed by atoms with E-state index < -0.39 is 0 Å². The van der Waals surface area contributed by atoms with E-state index in [0.29, 0.717) is 11.3 Å². The monoisotopic (exact) mass is 395 g/mol. The number of nitrogens with zero attached hydrogens (tertiary/aromatic N) is 1. The van der Waals surface area contributed by atoms with Gasteiger partial charge in [0.05, 0.1) is 6.04 Å². The first-order valence-corrected chi connectivity index (χ1v) is 8.58. The normalized spacial score (nSPS) is 14.8. The van der Waals surface area contributed by atoms with Crippen LogP contribution < -0.4 is 11.1 Å². The van der Waals surface area contributed by atoms with Crippen molar-refractivity contribution in [2.24, 2.45) is 0 Å². The number of carbonyl (C=O) groups excluding carboxylic acids is 1. The van der Waals surface area contributed by atoms with Crippen LogP contribution in [0.1, 0.15) is 40.4 Å². The number of halogens is 2. The Morgan fingerprint density at radius 3 is 2.42 bits per heavy atom. The van der Waals surface area contributed by atoms with E-state index in [4.69, 9.17) is 5.73 Å². The number of hydrogen-bond donors (Lipinski definition) is 2. The number of amides is 1. The maximum Gasteiger partial charge on any atom is 0.252 e. The van der Waals surface area contributed by atoms with E-state index >= 15 is 0 Å². The van der Waals surface area contributed by atoms with Gasteiger partial charge >= 0.3 is 0 Å². The minimum atomic E-state index is -0.0622. The van der Waals surface area contributed by atoms with Crippen molar-refractivity contribution in [3.05, 3.63) is 65.2 Å². The van der Waals surface area contributed by atoms with E-state index in [1.54, 1.807) is 6.07 Å². The predicted molar refractivity (Wildman–Crippen MR) is 112 cm³/mol. The van der Waals surface area contributed by atoms with Crippen molar-refractivity contribution in [3.63, 3.8) is 0 Å². The summed E-state index contributed by atoms with van der Waals surface area (Å²) in [4.78, 5) is 15.2. The molecule has 2 aromatic rings. The molecule has 1 amide bonds. The Morgan fingerprint density at radius 2 is 1.77 bits per heavy atom. The van der Waals surface area contributed by atoms with Crippen molar-refractivity contribution >= 4 is 36.4 Å². The summed E-state index contributed by atoms with van der Waals surface area (Å²) in [7, 11) is 0. The Hall–Kier alpha value is -1.75. The van der Waals surface area contributed by atoms with Gasteiger partial charge < -0.3 is 16.0 Å². The summed E-state index contributed by atoms with van der Waals surface area (Å²) in [6.45, 7) is 5.00. The highest BCUT2D eigenvalue weighted by molar-refractivity contribution is 5.96. The van der Waals surface area contributed by atoms with Gasteiger partial charge in [0.15, 0.2) is 0 Å². The van der Waals surface area contributed by atoms with Crippen molar-refractivity contribution in [2.75, 3.05) is 25.4 Å². The third kappa shape index (κ3) is 5.63. The SMILES string of the molecule is Cc1ccc(N)cc1C(=O)NC(CN1CCCC1)c1ccccc1.Cl.Cl. The van der Waals surface area contributed by atoms with Gasteiger partial charge in [-0.3, -0.25) is 4.79 Å². The largest absolute Gasteiger partial charge is 0.399 e. The molecule has 0 aromatic heterocycles. The number of anilines is 1. The molecule has 1 saturated heterocycles. The van der Waals surface area contributed by atoms with Crippen LogP contribution in [0.5, 0.6) is 0 Å². The van der Waals surface area contributed by atoms with Gasteiger partial charge in [-0.15, -0.1) is 24.8 Å². The first-order chi connectivity index (χ1) is 11.6. The van der Waals surface area contributed by atoms with Crippen molar-refractivity contribution in [3.8, 4) is 0 Å². The molecule has 1 heterocycles. The van der Waals surface area contributed by atoms with Crippen LogP contribution >= 0.6 is 24.8 Å². The molecule has 1 atom stereocenters. The van der Waals surface area contributed by atoms with E-state index in [2.05, 4.69) is 22.3 Å². The summed E-state index contributed by atoms with van der Waals surface area (Å²) in [5.74, 6) is -0.0622. The Bertz CT molecular complexity index is 703. The lowest BCUT2D eigenvalue weighted by Gasteiger charge is -2.25. The van der Waals surface area contributed by atoms with Gasteiger partial charge in [0.2, 0.25) is 0 Å². The number of likely N-dealkylation sites (tertiary alicyclic amines) is 1. The lowest BCUT2D eigenvalue weighted by atomic mass is 10.0. The average molecular weight is 396 g/mol. The van der Waals surface area contributed by atoms with Gasteiger partial charge in [0, 0.05) is 17.8 Å². The molecule has 1 aliphatic rings. The third-order valence-corrected chi connectivity index (χ3v) is 4.65. The van der Waals surface area contributed by atoms with Crippen LogP contribution in [-0.4, -0.2) is 30.4 Å². The average Bonchev–Trinajstić information content (AvgIpc) is 3.10. The molecule has 0 aliphatic carbocycles. The fourth-order valence-electron chi connectivity index (χ4n) is 3.26. The molecule has 0 saturated carbocycles. The summed E-state index contributed by atoms with van der Waals surface area (Å²) in [6.07, 6.45) is 2.48. The summed E-state index contributed by atoms with van der Waals surface area (Å²) >= 11 is 0. The van der Waals surface area contributed by atoms with Gasteiger partial charge in [-0.05, 0) is 56.1 Å². The Balaban J connectivity index is 0.00000169. The molecular weight excluding hydrogens is 369 g/mol. The molecule has 1 aliphatic heterocycles. The van der Waals surface area contributed by atoms with E-state index in [1.807, 2.05) is 37.3 Å². The van der Waals surface area contributed by atoms with Gasteiger partial charge in [0.1, 0.15) is 0 Å². The second-order valence-electron chi connectivity index (χ2n) is 6.52. The van der Waals surface area contributed by atoms with Gasteiger partial charge in [-0.1, -0.05) is 36.4 Å². The van der Waals surface area contributed by atoms with E-state index in [0.717, 1.165) is 30.8 Å². The minimum absolute atomic E-state index is 0. The summed E-state index contributed by atoms with van der Waals surface area (Å²) in [5, 5.41) is 3.21. The number of nitrogens with two attached hydrogens (primary N) is 1. The first kappa shape index (κ1) is 22.3. The molecule has 1 unspecified atom stereocenters. The lowest BCUT2D eigenvalue weighted by Crippen LogP contribution is -2.37. The second-order valence-corrected chi connectivity index (χ2v) is 6.52. The highest BCUT2D eigenvalue weighted by Crippen LogP contribution is 2.20. The van der Waals surface area contributed by atoms with Crippen LogP contribution in [0.2, 0.25) is 0 Å². The minimum Gasteiger partial charge on any atom is -0.399 e. The van der Waals surface area contributed by atoms with E-state index in [1.165, 1.54) is 12.8 Å². The zero-order chi connectivity index (χ0) is 16.9. The zero-order valence-corrected chi connectivity index (χ0v) is 16.6. The Labute approximate surface area is 168 Å². The number of rotatable bonds is 5. The maximum absolute atomic E-state index is 12.8. The molecule has 1 fully saturated rings. The standard InChI is InChI=1S/C20H25N3O.2ClH/c1-15-9-10-17(21)13-18(15)20(24)22-19(14-23-11-5-6-12-23)16-7-3-2-4-8-16;;/h2-4,7-10,13,19H,5-6,11-12,14,21H2,1H3,(H,22,24);2*1H. The number of nitrogen functional groups attached to an aromatic ring is 1. The number of aryl methyl sites for hydroxylation is 1. The fourth-order valence-corrected chi connectivity index (χ4v) is 3.26. The Kier molecular flexibility index (Phi) is 8.93. The van der Waals surface area contributed by atoms with Crippen molar-refractivity contribution in [2.45, 2.75) is 25.8 Å². The second kappa shape index (κ2) is 10.4. The maximum atomic E-state index is 12.8. The molecule has 0 spiro atoms. The predicted octanol–water partition coefficient (Wildman–Crippen LogP) is 3.99. The highest BCUT2D eigenvalue weighted by Gasteiger charge is 2.21. The topological polar surface area (TPSA) is 58.4 Å². The first-order valence-electron chi connectivity index (χ1n) is 8.58. The number of nitrogens with one attached hydrogen (secondary N) is 1. The van der Waals surface area contributed by atoms with E-state index in [-0.39, 0.29) is 36.8 Å². The van der Waals surface area contributed by atoms with Crippen LogP contribution in [0, 0.1) is 6.92 Å². The van der Waals surface area contributed by atoms with Gasteiger partial charge in [-0.2, -0.15) is 0 Å². The smallest absolute Gasteiger partial charge is 0.252 e. The Morgan fingerprint density at radius 1 is 1.12 bits per heavy atom. The molecule has 142 valence electrons. The van der Waals surface area contributed by atoms with Crippen molar-refractivity contribution in [1.29, 1.82) is 0 Å². The molecular formula is C20H27Cl2N3O. The van der Waals surface area contributed by atoms with Crippen LogP contribution in [0.25, 0.3) is 0 Å². The summed E-state index contributed by atoms with van der Waals surface area (Å²) < 4.78 is 0. The van der Waals surface area contributed by atoms with E-state index in [9.17, 15) is 4.79 Å². The van der Waals surface area contributed by atoms with Crippen LogP contribution in [0.15, 0.2) is 48.5 Å². The van der Waals surface area contributed by atoms with Crippen LogP contribution in [-0.2, 0) is 0 Å². The molecule has 6 heteroatoms. The molecule has 4 nitrogen and oxygen atoms in total. The molecule has 0 bridgehead atoms. The van der Waals surface area contributed by atoms with Crippen molar-refractivity contribution < 1.29 is 4.79 Å². The number of benzene rings is 2. The summed E-state index contributed by atoms with van der Waals surface area (Å²) in [5.41, 5.74) is 9.19. The summed E-state index contributed by atoms with van der Waals surface area (Å²) in [6, 6.07) is 15.6. The third-order valence-electron chi connectivity index (χ3n) is 4.65. The van der Waals surface area contributed by atoms with Crippen LogP contribution in [0.3, 0.4) is 0 Å². The molecule has 26 heavy (non-hydrogen) atoms. The number of hydrogen-bond acceptors (Lipinski definition) is 3. The van der Waals surface area contributed by atoms with Crippen molar-refractivity contribution in [1.82, 2.24) is 10.2 Å². The van der Waals surface area contributed by atoms with Crippen LogP contribution in [0.4, 0.5) is 5.69 Å². The van der Waals surface area contributed by atoms with Gasteiger partial charge in [0.25, 0.3) is 5.91 Å².